The summed E-state index contributed by atoms with van der Waals surface area (Å²) >= 11 is 0. The first kappa shape index (κ1) is 48.9. The number of carbonyl (C=O) groups is 3. The molecule has 0 bridgehead atoms. The number of amides is 4. The molecule has 2 aliphatic heterocycles. The van der Waals surface area contributed by atoms with E-state index in [9.17, 15) is 19.6 Å². The molecule has 2 fully saturated rings. The van der Waals surface area contributed by atoms with E-state index >= 15 is 0 Å². The third-order valence-electron chi connectivity index (χ3n) is 8.99. The molecule has 4 amide bonds. The van der Waals surface area contributed by atoms with Gasteiger partial charge in [0.25, 0.3) is 5.91 Å². The maximum absolute atomic E-state index is 12.5. The molecule has 18 heteroatoms. The molecule has 61 heavy (non-hydrogen) atoms. The molecular formula is C43H51Cl2N9O7. The Labute approximate surface area is 367 Å². The van der Waals surface area contributed by atoms with Crippen LogP contribution < -0.4 is 41.2 Å². The quantitative estimate of drug-likeness (QED) is 0.102. The van der Waals surface area contributed by atoms with E-state index < -0.39 is 11.6 Å². The minimum atomic E-state index is -0.490. The first-order valence-electron chi connectivity index (χ1n) is 19.2. The highest BCUT2D eigenvalue weighted by molar-refractivity contribution is 6.00. The van der Waals surface area contributed by atoms with Crippen molar-refractivity contribution in [3.8, 4) is 35.1 Å². The first-order chi connectivity index (χ1) is 28.3. The zero-order valence-corrected chi connectivity index (χ0v) is 36.0. The minimum Gasteiger partial charge on any atom is -0.489 e. The molecular weight excluding hydrogens is 825 g/mol. The largest absolute Gasteiger partial charge is 0.489 e. The first-order valence-corrected chi connectivity index (χ1v) is 19.2. The summed E-state index contributed by atoms with van der Waals surface area (Å²) in [6.07, 6.45) is 4.43. The van der Waals surface area contributed by atoms with Crippen LogP contribution in [0.5, 0.6) is 23.0 Å². The molecule has 3 heterocycles. The number of hydrogen-bond acceptors (Lipinski definition) is 12. The summed E-state index contributed by atoms with van der Waals surface area (Å²) in [5.74, 6) is 1.73. The average molecular weight is 877 g/mol. The number of rotatable bonds is 9. The van der Waals surface area contributed by atoms with E-state index in [-0.39, 0.29) is 54.7 Å². The number of hydrogen-bond donors (Lipinski definition) is 5. The number of carbonyl (C=O) groups excluding carboxylic acids is 3. The molecule has 0 spiro atoms. The maximum atomic E-state index is 12.5. The van der Waals surface area contributed by atoms with Gasteiger partial charge in [0, 0.05) is 62.3 Å². The molecule has 3 aromatic carbocycles. The van der Waals surface area contributed by atoms with E-state index in [4.69, 9.17) is 29.9 Å². The lowest BCUT2D eigenvalue weighted by atomic mass is 10.1. The Morgan fingerprint density at radius 1 is 0.787 bits per heavy atom. The van der Waals surface area contributed by atoms with Crippen molar-refractivity contribution in [3.63, 3.8) is 0 Å². The number of halogens is 2. The number of nitrogens with zero attached hydrogens (tertiary/aromatic N) is 4. The van der Waals surface area contributed by atoms with Gasteiger partial charge in [-0.15, -0.1) is 24.8 Å². The van der Waals surface area contributed by atoms with Crippen LogP contribution in [0.2, 0.25) is 0 Å². The molecule has 6 rings (SSSR count). The van der Waals surface area contributed by atoms with Crippen LogP contribution in [0, 0.1) is 22.7 Å². The van der Waals surface area contributed by atoms with Gasteiger partial charge in [-0.25, -0.2) is 9.59 Å². The van der Waals surface area contributed by atoms with Crippen molar-refractivity contribution in [2.75, 3.05) is 49.6 Å². The Hall–Kier alpha value is -6.46. The molecule has 6 N–H and O–H groups in total. The molecule has 324 valence electrons. The summed E-state index contributed by atoms with van der Waals surface area (Å²) in [5, 5.41) is 29.9. The normalized spacial score (nSPS) is 13.8. The topological polar surface area (TPSA) is 226 Å². The maximum Gasteiger partial charge on any atom is 0.410 e. The van der Waals surface area contributed by atoms with Crippen molar-refractivity contribution < 1.29 is 33.3 Å². The van der Waals surface area contributed by atoms with Crippen molar-refractivity contribution in [1.82, 2.24) is 20.5 Å². The van der Waals surface area contributed by atoms with Crippen LogP contribution in [-0.4, -0.2) is 79.0 Å². The second-order valence-electron chi connectivity index (χ2n) is 14.7. The summed E-state index contributed by atoms with van der Waals surface area (Å²) in [5.41, 5.74) is 7.79. The lowest BCUT2D eigenvalue weighted by molar-refractivity contribution is 0.0126. The third kappa shape index (κ3) is 15.3. The van der Waals surface area contributed by atoms with Gasteiger partial charge in [-0.2, -0.15) is 10.5 Å². The number of urea groups is 1. The van der Waals surface area contributed by atoms with Gasteiger partial charge in [-0.3, -0.25) is 9.78 Å². The van der Waals surface area contributed by atoms with E-state index in [0.29, 0.717) is 77.1 Å². The third-order valence-corrected chi connectivity index (χ3v) is 8.99. The SMILES string of the molecule is CC(C)(C)OC(=O)N1CCC(Oc2ccc(N)cc2C#N)CC1.CNC(=O)c1cc(Oc2ccc(NC(=O)Nc3ccc(OC4CCNCC4)c(C#N)c3)cc2)ccn1.Cl.Cl. The van der Waals surface area contributed by atoms with Gasteiger partial charge in [0.1, 0.15) is 58.6 Å². The molecule has 16 nitrogen and oxygen atoms in total. The minimum absolute atomic E-state index is 0. The second-order valence-corrected chi connectivity index (χ2v) is 14.7. The van der Waals surface area contributed by atoms with Crippen LogP contribution in [0.15, 0.2) is 79.0 Å². The van der Waals surface area contributed by atoms with E-state index in [1.807, 2.05) is 20.8 Å². The smallest absolute Gasteiger partial charge is 0.410 e. The van der Waals surface area contributed by atoms with Crippen LogP contribution in [0.4, 0.5) is 26.7 Å². The summed E-state index contributed by atoms with van der Waals surface area (Å²) in [6.45, 7) is 8.50. The highest BCUT2D eigenvalue weighted by atomic mass is 35.5. The predicted molar refractivity (Wildman–Crippen MR) is 236 cm³/mol. The predicted octanol–water partition coefficient (Wildman–Crippen LogP) is 7.64. The molecule has 0 radical (unpaired) electrons. The zero-order chi connectivity index (χ0) is 42.4. The second kappa shape index (κ2) is 23.4. The highest BCUT2D eigenvalue weighted by Gasteiger charge is 2.28. The number of likely N-dealkylation sites (tertiary alicyclic amines) is 1. The lowest BCUT2D eigenvalue weighted by Crippen LogP contribution is -2.44. The Morgan fingerprint density at radius 3 is 1.97 bits per heavy atom. The van der Waals surface area contributed by atoms with Gasteiger partial charge in [-0.1, -0.05) is 0 Å². The molecule has 2 saturated heterocycles. The summed E-state index contributed by atoms with van der Waals surface area (Å²) < 4.78 is 23.0. The zero-order valence-electron chi connectivity index (χ0n) is 34.4. The molecule has 1 aromatic heterocycles. The fraction of sp³-hybridized carbons (Fsp3) is 0.349. The monoisotopic (exact) mass is 875 g/mol. The number of nitrogens with two attached hydrogens (primary N) is 1. The van der Waals surface area contributed by atoms with E-state index in [0.717, 1.165) is 25.9 Å². The molecule has 2 aliphatic rings. The van der Waals surface area contributed by atoms with Crippen molar-refractivity contribution in [2.24, 2.45) is 0 Å². The number of pyridine rings is 1. The van der Waals surface area contributed by atoms with Crippen LogP contribution in [-0.2, 0) is 4.74 Å². The fourth-order valence-corrected chi connectivity index (χ4v) is 6.05. The van der Waals surface area contributed by atoms with Gasteiger partial charge >= 0.3 is 12.1 Å². The molecule has 0 aliphatic carbocycles. The van der Waals surface area contributed by atoms with Gasteiger partial charge < -0.3 is 50.8 Å². The molecule has 4 aromatic rings. The fourth-order valence-electron chi connectivity index (χ4n) is 6.05. The van der Waals surface area contributed by atoms with Crippen LogP contribution in [0.3, 0.4) is 0 Å². The Kier molecular flexibility index (Phi) is 18.7. The number of nitrogens with one attached hydrogen (secondary N) is 4. The van der Waals surface area contributed by atoms with E-state index in [1.54, 1.807) is 71.6 Å². The van der Waals surface area contributed by atoms with Gasteiger partial charge in [0.2, 0.25) is 0 Å². The summed E-state index contributed by atoms with van der Waals surface area (Å²) in [7, 11) is 1.53. The van der Waals surface area contributed by atoms with Crippen LogP contribution in [0.25, 0.3) is 0 Å². The Balaban J connectivity index is 0.000000345. The van der Waals surface area contributed by atoms with Crippen molar-refractivity contribution in [1.29, 1.82) is 10.5 Å². The number of aromatic nitrogens is 1. The molecule has 0 unspecified atom stereocenters. The number of nitriles is 2. The number of benzene rings is 3. The highest BCUT2D eigenvalue weighted by Crippen LogP contribution is 2.28. The van der Waals surface area contributed by atoms with Crippen LogP contribution >= 0.6 is 24.8 Å². The summed E-state index contributed by atoms with van der Waals surface area (Å²) in [4.78, 5) is 41.9. The van der Waals surface area contributed by atoms with E-state index in [2.05, 4.69) is 38.4 Å². The van der Waals surface area contributed by atoms with Crippen LogP contribution in [0.1, 0.15) is 68.1 Å². The van der Waals surface area contributed by atoms with Gasteiger partial charge in [0.05, 0.1) is 11.1 Å². The number of ether oxygens (including phenoxy) is 4. The molecule has 0 saturated carbocycles. The van der Waals surface area contributed by atoms with Gasteiger partial charge in [-0.05, 0) is 113 Å². The van der Waals surface area contributed by atoms with Gasteiger partial charge in [0.15, 0.2) is 0 Å². The van der Waals surface area contributed by atoms with E-state index in [1.165, 1.54) is 19.3 Å². The Bertz CT molecular complexity index is 2180. The standard InChI is InChI=1S/C26H26N6O4.C17H23N3O3.2ClH/c1-28-25(33)23-15-22(10-13-30-23)35-20-5-2-18(3-6-20)31-26(34)32-19-4-7-24(17(14-19)16-27)36-21-8-11-29-12-9-21;1-17(2,3)23-16(21)20-8-6-14(7-9-20)22-15-5-4-13(19)10-12(15)11-18;;/h2-7,10,13-15,21,29H,8-9,11-12H2,1H3,(H,28,33)(H2,31,32,34);4-5,10,14H,6-9,19H2,1-3H3;2*1H. The number of anilines is 3. The summed E-state index contributed by atoms with van der Waals surface area (Å²) in [6, 6.07) is 23.7. The van der Waals surface area contributed by atoms with Crippen molar-refractivity contribution in [2.45, 2.75) is 64.3 Å². The number of nitrogen functional groups attached to an aromatic ring is 1. The molecule has 0 atom stereocenters. The lowest BCUT2D eigenvalue weighted by Gasteiger charge is -2.33. The average Bonchev–Trinajstić information content (AvgIpc) is 3.22. The van der Waals surface area contributed by atoms with Crippen molar-refractivity contribution >= 4 is 59.9 Å². The van der Waals surface area contributed by atoms with Crippen molar-refractivity contribution in [3.05, 3.63) is 95.8 Å². The Morgan fingerprint density at radius 2 is 1.36 bits per heavy atom. The number of piperidine rings is 2.